The van der Waals surface area contributed by atoms with Gasteiger partial charge in [0, 0.05) is 118 Å². The van der Waals surface area contributed by atoms with Gasteiger partial charge in [-0.05, 0) is 128 Å². The van der Waals surface area contributed by atoms with Gasteiger partial charge >= 0.3 is 0 Å². The third kappa shape index (κ3) is 10.7. The van der Waals surface area contributed by atoms with Crippen LogP contribution in [-0.2, 0) is 56.0 Å². The molecule has 390 valence electrons. The van der Waals surface area contributed by atoms with Gasteiger partial charge in [-0.1, -0.05) is 37.3 Å². The van der Waals surface area contributed by atoms with E-state index in [2.05, 4.69) is 52.4 Å². The van der Waals surface area contributed by atoms with Crippen LogP contribution in [0.5, 0.6) is 11.5 Å². The Hall–Kier alpha value is -7.25. The zero-order valence-electron chi connectivity index (χ0n) is 43.8. The molecule has 2 atom stereocenters. The Kier molecular flexibility index (Phi) is 15.0. The average Bonchev–Trinajstić information content (AvgIpc) is 3.86. The first-order valence-electron chi connectivity index (χ1n) is 26.4. The van der Waals surface area contributed by atoms with E-state index in [4.69, 9.17) is 9.47 Å². The number of carbonyl (C=O) groups is 3. The largest absolute Gasteiger partial charge is 0.508 e. The van der Waals surface area contributed by atoms with Crippen molar-refractivity contribution in [3.8, 4) is 40.0 Å². The lowest BCUT2D eigenvalue weighted by Crippen LogP contribution is -2.51. The van der Waals surface area contributed by atoms with Crippen molar-refractivity contribution in [1.29, 1.82) is 5.26 Å². The van der Waals surface area contributed by atoms with Crippen molar-refractivity contribution in [3.05, 3.63) is 147 Å². The summed E-state index contributed by atoms with van der Waals surface area (Å²) in [6, 6.07) is 27.4. The lowest BCUT2D eigenvalue weighted by atomic mass is 9.87. The Labute approximate surface area is 438 Å². The minimum atomic E-state index is -0.501. The monoisotopic (exact) mass is 1010 g/mol. The molecule has 0 saturated carbocycles. The molecule has 4 aliphatic rings. The predicted molar refractivity (Wildman–Crippen MR) is 286 cm³/mol. The molecular formula is C60H67FN8O6. The van der Waals surface area contributed by atoms with Gasteiger partial charge < -0.3 is 43.7 Å². The quantitative estimate of drug-likeness (QED) is 0.109. The number of phenolic OH excluding ortho intramolecular Hbond substituents is 1. The summed E-state index contributed by atoms with van der Waals surface area (Å²) >= 11 is 0. The van der Waals surface area contributed by atoms with Crippen LogP contribution in [-0.4, -0.2) is 123 Å². The molecule has 2 saturated heterocycles. The third-order valence-corrected chi connectivity index (χ3v) is 16.1. The van der Waals surface area contributed by atoms with Crippen LogP contribution in [0.15, 0.2) is 84.9 Å². The number of nitrogens with one attached hydrogen (secondary N) is 1. The molecule has 0 bridgehead atoms. The summed E-state index contributed by atoms with van der Waals surface area (Å²) in [6.45, 7) is 14.0. The minimum Gasteiger partial charge on any atom is -0.508 e. The molecule has 6 heterocycles. The molecule has 2 aromatic heterocycles. The van der Waals surface area contributed by atoms with E-state index in [0.717, 1.165) is 61.5 Å². The minimum absolute atomic E-state index is 0.0678. The first-order chi connectivity index (χ1) is 36.2. The Balaban J connectivity index is 1.05. The highest BCUT2D eigenvalue weighted by atomic mass is 19.1. The molecular weight excluding hydrogens is 948 g/mol. The molecule has 4 aromatic carbocycles. The van der Waals surface area contributed by atoms with E-state index in [1.165, 1.54) is 30.2 Å². The van der Waals surface area contributed by atoms with E-state index in [9.17, 15) is 20.0 Å². The molecule has 10 rings (SSSR count). The molecule has 0 unspecified atom stereocenters. The highest BCUT2D eigenvalue weighted by Crippen LogP contribution is 2.44. The molecule has 0 spiro atoms. The highest BCUT2D eigenvalue weighted by molar-refractivity contribution is 6.14. The molecule has 0 aliphatic carbocycles. The lowest BCUT2D eigenvalue weighted by Gasteiger charge is -2.42. The summed E-state index contributed by atoms with van der Waals surface area (Å²) in [5.74, 6) is -0.230. The second-order valence-electron chi connectivity index (χ2n) is 21.0. The van der Waals surface area contributed by atoms with Crippen LogP contribution in [0.1, 0.15) is 85.4 Å². The van der Waals surface area contributed by atoms with E-state index in [-0.39, 0.29) is 48.0 Å². The highest BCUT2D eigenvalue weighted by Gasteiger charge is 2.37. The Morgan fingerprint density at radius 3 is 2.36 bits per heavy atom. The van der Waals surface area contributed by atoms with Crippen molar-refractivity contribution in [2.75, 3.05) is 71.0 Å². The maximum absolute atomic E-state index is 16.1. The second kappa shape index (κ2) is 21.9. The molecule has 2 fully saturated rings. The third-order valence-electron chi connectivity index (χ3n) is 16.1. The fourth-order valence-corrected chi connectivity index (χ4v) is 11.7. The number of likely N-dealkylation sites (tertiary alicyclic amines) is 1. The number of amides is 3. The summed E-state index contributed by atoms with van der Waals surface area (Å²) in [4.78, 5) is 53.7. The van der Waals surface area contributed by atoms with Crippen LogP contribution in [0, 0.1) is 36.9 Å². The number of fused-ring (bicyclic) bond motifs is 2. The van der Waals surface area contributed by atoms with Gasteiger partial charge in [-0.3, -0.25) is 19.3 Å². The van der Waals surface area contributed by atoms with E-state index in [1.807, 2.05) is 60.2 Å². The van der Waals surface area contributed by atoms with Gasteiger partial charge in [-0.15, -0.1) is 0 Å². The zero-order chi connectivity index (χ0) is 52.5. The summed E-state index contributed by atoms with van der Waals surface area (Å²) < 4.78 is 30.8. The molecule has 3 amide bonds. The standard InChI is InChI=1S/C60H67FN8O6/c1-38-9-8-19-67(34-38)37-48-27-41-10-6-7-11-44(41)36-69(48)60(73)53-29-45-35-68(55(71)30-43-12-17-50(32-54(43)61)75-26-23-66-21-24-74-25-22-66)20-18-42(45)28-52(53)58-57(51-31-47(33-62)64(4)39(51)2)56(40(3)65(58)5)59(72)63-46-13-15-49(70)16-14-46/h6-7,10-17,28-29,31-32,38,48,70H,8-9,18-27,30,34-37H2,1-5H3,(H,63,72)/t38-,48-/m0/s1. The second-order valence-corrected chi connectivity index (χ2v) is 21.0. The van der Waals surface area contributed by atoms with Crippen LogP contribution in [0.25, 0.3) is 22.4 Å². The van der Waals surface area contributed by atoms with E-state index in [0.29, 0.717) is 115 Å². The SMILES string of the molecule is Cc1c(-c2c(C(=O)Nc3ccc(O)cc3)c(C)n(C)c2-c2cc3c(cc2C(=O)N2Cc4ccccc4C[C@H]2CN2CCC[C@H](C)C2)CN(C(=O)Cc2ccc(OCCN4CCOCC4)cc2F)CC3)cc(C#N)n1C. The number of benzene rings is 4. The van der Waals surface area contributed by atoms with E-state index >= 15 is 9.18 Å². The summed E-state index contributed by atoms with van der Waals surface area (Å²) in [7, 11) is 3.73. The number of nitrogens with zero attached hydrogens (tertiary/aromatic N) is 7. The van der Waals surface area contributed by atoms with Gasteiger partial charge in [0.1, 0.15) is 35.7 Å². The van der Waals surface area contributed by atoms with Crippen molar-refractivity contribution in [2.24, 2.45) is 20.0 Å². The normalized spacial score (nSPS) is 18.0. The number of morpholine rings is 1. The molecule has 2 N–H and O–H groups in total. The van der Waals surface area contributed by atoms with Crippen molar-refractivity contribution < 1.29 is 33.4 Å². The lowest BCUT2D eigenvalue weighted by molar-refractivity contribution is -0.131. The predicted octanol–water partition coefficient (Wildman–Crippen LogP) is 8.42. The Morgan fingerprint density at radius 2 is 1.63 bits per heavy atom. The number of carbonyl (C=O) groups excluding carboxylic acids is 3. The van der Waals surface area contributed by atoms with Crippen LogP contribution >= 0.6 is 0 Å². The average molecular weight is 1020 g/mol. The molecule has 6 aromatic rings. The number of piperidine rings is 1. The van der Waals surface area contributed by atoms with Gasteiger partial charge in [0.05, 0.1) is 30.9 Å². The zero-order valence-corrected chi connectivity index (χ0v) is 43.8. The number of phenols is 1. The van der Waals surface area contributed by atoms with Gasteiger partial charge in [-0.25, -0.2) is 4.39 Å². The number of ether oxygens (including phenoxy) is 2. The van der Waals surface area contributed by atoms with Crippen molar-refractivity contribution in [3.63, 3.8) is 0 Å². The Bertz CT molecular complexity index is 3180. The maximum Gasteiger partial charge on any atom is 0.258 e. The number of hydrogen-bond acceptors (Lipinski definition) is 9. The molecule has 14 nitrogen and oxygen atoms in total. The fraction of sp³-hybridized carbons (Fsp3) is 0.400. The van der Waals surface area contributed by atoms with Crippen molar-refractivity contribution in [1.82, 2.24) is 28.7 Å². The first kappa shape index (κ1) is 51.2. The number of rotatable bonds is 13. The molecule has 4 aliphatic heterocycles. The number of aromatic hydroxyl groups is 1. The number of anilines is 1. The molecule has 15 heteroatoms. The Morgan fingerprint density at radius 1 is 0.853 bits per heavy atom. The smallest absolute Gasteiger partial charge is 0.258 e. The summed E-state index contributed by atoms with van der Waals surface area (Å²) in [5.41, 5.74) is 10.1. The summed E-state index contributed by atoms with van der Waals surface area (Å²) in [6.07, 6.45) is 3.33. The van der Waals surface area contributed by atoms with Gasteiger partial charge in [-0.2, -0.15) is 5.26 Å². The number of nitriles is 1. The molecule has 0 radical (unpaired) electrons. The van der Waals surface area contributed by atoms with E-state index in [1.54, 1.807) is 29.2 Å². The van der Waals surface area contributed by atoms with E-state index < -0.39 is 5.82 Å². The summed E-state index contributed by atoms with van der Waals surface area (Å²) in [5, 5.41) is 23.4. The number of halogens is 1. The topological polar surface area (TPSA) is 149 Å². The first-order valence-corrected chi connectivity index (χ1v) is 26.4. The van der Waals surface area contributed by atoms with Crippen molar-refractivity contribution >= 4 is 23.4 Å². The van der Waals surface area contributed by atoms with Crippen LogP contribution < -0.4 is 10.1 Å². The van der Waals surface area contributed by atoms with Crippen LogP contribution in [0.2, 0.25) is 0 Å². The maximum atomic E-state index is 16.1. The number of hydrogen-bond donors (Lipinski definition) is 2. The van der Waals surface area contributed by atoms with Gasteiger partial charge in [0.2, 0.25) is 5.91 Å². The fourth-order valence-electron chi connectivity index (χ4n) is 11.7. The van der Waals surface area contributed by atoms with Crippen LogP contribution in [0.4, 0.5) is 10.1 Å². The van der Waals surface area contributed by atoms with Gasteiger partial charge in [0.25, 0.3) is 11.8 Å². The molecule has 75 heavy (non-hydrogen) atoms. The van der Waals surface area contributed by atoms with Crippen molar-refractivity contribution in [2.45, 2.75) is 72.0 Å². The van der Waals surface area contributed by atoms with Gasteiger partial charge in [0.15, 0.2) is 0 Å². The number of aromatic nitrogens is 2. The van der Waals surface area contributed by atoms with Crippen LogP contribution in [0.3, 0.4) is 0 Å².